The maximum atomic E-state index is 5.61. The molecule has 0 aliphatic heterocycles. The van der Waals surface area contributed by atoms with E-state index < -0.39 is 0 Å². The van der Waals surface area contributed by atoms with Crippen LogP contribution in [-0.2, 0) is 10.2 Å². The lowest BCUT2D eigenvalue weighted by Crippen LogP contribution is -2.33. The molecule has 0 radical (unpaired) electrons. The van der Waals surface area contributed by atoms with E-state index in [9.17, 15) is 0 Å². The Balaban J connectivity index is 2.89. The molecular weight excluding hydrogens is 252 g/mol. The third-order valence-electron chi connectivity index (χ3n) is 2.90. The van der Waals surface area contributed by atoms with Crippen LogP contribution in [-0.4, -0.2) is 18.5 Å². The average molecular weight is 271 g/mol. The molecule has 1 atom stereocenters. The van der Waals surface area contributed by atoms with E-state index in [1.165, 1.54) is 5.56 Å². The van der Waals surface area contributed by atoms with Crippen LogP contribution < -0.4 is 0 Å². The van der Waals surface area contributed by atoms with Crippen molar-refractivity contribution in [2.75, 3.05) is 18.5 Å². The molecule has 0 fully saturated rings. The molecule has 1 aromatic carbocycles. The molecular formula is C13H19BrO. The molecule has 0 N–H and O–H groups in total. The van der Waals surface area contributed by atoms with E-state index in [4.69, 9.17) is 4.74 Å². The Labute approximate surface area is 101 Å². The maximum absolute atomic E-state index is 5.61. The lowest BCUT2D eigenvalue weighted by Gasteiger charge is -2.31. The van der Waals surface area contributed by atoms with Gasteiger partial charge in [-0.3, -0.25) is 0 Å². The highest BCUT2D eigenvalue weighted by Gasteiger charge is 2.29. The zero-order valence-electron chi connectivity index (χ0n) is 9.50. The van der Waals surface area contributed by atoms with Crippen LogP contribution in [0.4, 0.5) is 0 Å². The fourth-order valence-electron chi connectivity index (χ4n) is 1.69. The standard InChI is InChI=1S/C13H19BrO/c1-3-13(10-14,11-15-4-2)12-8-6-5-7-9-12/h5-9H,3-4,10-11H2,1-2H3. The van der Waals surface area contributed by atoms with Gasteiger partial charge in [0.2, 0.25) is 0 Å². The number of hydrogen-bond donors (Lipinski definition) is 0. The van der Waals surface area contributed by atoms with Crippen molar-refractivity contribution in [2.45, 2.75) is 25.7 Å². The molecule has 0 amide bonds. The molecule has 0 spiro atoms. The molecule has 0 saturated heterocycles. The second kappa shape index (κ2) is 6.29. The normalized spacial score (nSPS) is 14.9. The van der Waals surface area contributed by atoms with Crippen molar-refractivity contribution in [3.63, 3.8) is 0 Å². The summed E-state index contributed by atoms with van der Waals surface area (Å²) in [6, 6.07) is 10.6. The molecule has 2 heteroatoms. The number of hydrogen-bond acceptors (Lipinski definition) is 1. The Bertz CT molecular complexity index is 267. The van der Waals surface area contributed by atoms with Crippen LogP contribution in [0, 0.1) is 0 Å². The topological polar surface area (TPSA) is 9.23 Å². The van der Waals surface area contributed by atoms with Gasteiger partial charge < -0.3 is 4.74 Å². The molecule has 1 aromatic rings. The minimum Gasteiger partial charge on any atom is -0.381 e. The fourth-order valence-corrected chi connectivity index (χ4v) is 2.57. The van der Waals surface area contributed by atoms with Gasteiger partial charge in [0.25, 0.3) is 0 Å². The number of rotatable bonds is 6. The minimum absolute atomic E-state index is 0.122. The van der Waals surface area contributed by atoms with Crippen LogP contribution in [0.5, 0.6) is 0 Å². The van der Waals surface area contributed by atoms with Gasteiger partial charge in [-0.15, -0.1) is 0 Å². The molecule has 1 rings (SSSR count). The third kappa shape index (κ3) is 3.05. The summed E-state index contributed by atoms with van der Waals surface area (Å²) in [6.45, 7) is 5.82. The van der Waals surface area contributed by atoms with Crippen molar-refractivity contribution in [2.24, 2.45) is 0 Å². The van der Waals surface area contributed by atoms with E-state index >= 15 is 0 Å². The number of ether oxygens (including phenoxy) is 1. The van der Waals surface area contributed by atoms with Gasteiger partial charge >= 0.3 is 0 Å². The van der Waals surface area contributed by atoms with Crippen LogP contribution >= 0.6 is 15.9 Å². The summed E-state index contributed by atoms with van der Waals surface area (Å²) in [7, 11) is 0. The Morgan fingerprint density at radius 3 is 2.33 bits per heavy atom. The van der Waals surface area contributed by atoms with Gasteiger partial charge in [-0.25, -0.2) is 0 Å². The highest BCUT2D eigenvalue weighted by Crippen LogP contribution is 2.30. The second-order valence-corrected chi connectivity index (χ2v) is 4.33. The molecule has 1 nitrogen and oxygen atoms in total. The summed E-state index contributed by atoms with van der Waals surface area (Å²) in [4.78, 5) is 0. The van der Waals surface area contributed by atoms with Crippen molar-refractivity contribution in [3.8, 4) is 0 Å². The van der Waals surface area contributed by atoms with Crippen LogP contribution in [0.15, 0.2) is 30.3 Å². The smallest absolute Gasteiger partial charge is 0.0570 e. The van der Waals surface area contributed by atoms with E-state index in [0.717, 1.165) is 25.0 Å². The van der Waals surface area contributed by atoms with E-state index in [2.05, 4.69) is 53.2 Å². The number of halogens is 1. The van der Waals surface area contributed by atoms with Crippen LogP contribution in [0.25, 0.3) is 0 Å². The monoisotopic (exact) mass is 270 g/mol. The molecule has 84 valence electrons. The Hall–Kier alpha value is -0.340. The molecule has 0 saturated carbocycles. The van der Waals surface area contributed by atoms with Gasteiger partial charge in [0.15, 0.2) is 0 Å². The predicted molar refractivity (Wildman–Crippen MR) is 68.7 cm³/mol. The molecule has 0 aromatic heterocycles. The summed E-state index contributed by atoms with van der Waals surface area (Å²) in [6.07, 6.45) is 1.09. The number of benzene rings is 1. The lowest BCUT2D eigenvalue weighted by molar-refractivity contribution is 0.0990. The number of alkyl halides is 1. The maximum Gasteiger partial charge on any atom is 0.0570 e. The van der Waals surface area contributed by atoms with Gasteiger partial charge in [-0.2, -0.15) is 0 Å². The molecule has 0 aliphatic carbocycles. The Kier molecular flexibility index (Phi) is 5.34. The highest BCUT2D eigenvalue weighted by atomic mass is 79.9. The molecule has 1 unspecified atom stereocenters. The van der Waals surface area contributed by atoms with Gasteiger partial charge in [-0.05, 0) is 18.9 Å². The van der Waals surface area contributed by atoms with Crippen LogP contribution in [0.2, 0.25) is 0 Å². The van der Waals surface area contributed by atoms with Gasteiger partial charge in [0, 0.05) is 17.4 Å². The van der Waals surface area contributed by atoms with Crippen molar-refractivity contribution in [1.82, 2.24) is 0 Å². The van der Waals surface area contributed by atoms with Crippen LogP contribution in [0.3, 0.4) is 0 Å². The highest BCUT2D eigenvalue weighted by molar-refractivity contribution is 9.09. The van der Waals surface area contributed by atoms with Crippen molar-refractivity contribution < 1.29 is 4.74 Å². The van der Waals surface area contributed by atoms with Crippen LogP contribution in [0.1, 0.15) is 25.8 Å². The quantitative estimate of drug-likeness (QED) is 0.716. The zero-order chi connectivity index (χ0) is 11.1. The fraction of sp³-hybridized carbons (Fsp3) is 0.538. The van der Waals surface area contributed by atoms with E-state index in [0.29, 0.717) is 0 Å². The third-order valence-corrected chi connectivity index (χ3v) is 3.97. The van der Waals surface area contributed by atoms with Gasteiger partial charge in [0.1, 0.15) is 0 Å². The van der Waals surface area contributed by atoms with E-state index in [1.54, 1.807) is 0 Å². The van der Waals surface area contributed by atoms with E-state index in [-0.39, 0.29) is 5.41 Å². The Morgan fingerprint density at radius 2 is 1.87 bits per heavy atom. The summed E-state index contributed by atoms with van der Waals surface area (Å²) in [5.74, 6) is 0. The lowest BCUT2D eigenvalue weighted by atomic mass is 9.81. The van der Waals surface area contributed by atoms with Crippen molar-refractivity contribution in [1.29, 1.82) is 0 Å². The van der Waals surface area contributed by atoms with Crippen molar-refractivity contribution in [3.05, 3.63) is 35.9 Å². The van der Waals surface area contributed by atoms with E-state index in [1.807, 2.05) is 6.92 Å². The first kappa shape index (κ1) is 12.7. The summed E-state index contributed by atoms with van der Waals surface area (Å²) in [5.41, 5.74) is 1.48. The first-order chi connectivity index (χ1) is 7.29. The molecule has 0 aliphatic rings. The van der Waals surface area contributed by atoms with Gasteiger partial charge in [0.05, 0.1) is 6.61 Å². The Morgan fingerprint density at radius 1 is 1.20 bits per heavy atom. The summed E-state index contributed by atoms with van der Waals surface area (Å²) < 4.78 is 5.61. The minimum atomic E-state index is 0.122. The largest absolute Gasteiger partial charge is 0.381 e. The summed E-state index contributed by atoms with van der Waals surface area (Å²) >= 11 is 3.62. The molecule has 0 heterocycles. The summed E-state index contributed by atoms with van der Waals surface area (Å²) in [5, 5.41) is 0.945. The predicted octanol–water partition coefficient (Wildman–Crippen LogP) is 3.77. The molecule has 15 heavy (non-hydrogen) atoms. The second-order valence-electron chi connectivity index (χ2n) is 3.77. The average Bonchev–Trinajstić information content (AvgIpc) is 2.33. The van der Waals surface area contributed by atoms with Gasteiger partial charge in [-0.1, -0.05) is 53.2 Å². The molecule has 0 bridgehead atoms. The zero-order valence-corrected chi connectivity index (χ0v) is 11.1. The van der Waals surface area contributed by atoms with Crippen molar-refractivity contribution >= 4 is 15.9 Å². The SMILES string of the molecule is CCOCC(CC)(CBr)c1ccccc1. The first-order valence-corrected chi connectivity index (χ1v) is 6.60. The first-order valence-electron chi connectivity index (χ1n) is 5.48.